The smallest absolute Gasteiger partial charge is 0.264 e. The van der Waals surface area contributed by atoms with Crippen LogP contribution >= 0.6 is 0 Å². The van der Waals surface area contributed by atoms with E-state index in [0.29, 0.717) is 28.4 Å². The molecule has 1 aromatic heterocycles. The molecule has 3 rings (SSSR count). The zero-order valence-electron chi connectivity index (χ0n) is 14.3. The Labute approximate surface area is 151 Å². The first kappa shape index (κ1) is 19.4. The van der Waals surface area contributed by atoms with Crippen molar-refractivity contribution in [3.05, 3.63) is 59.7 Å². The Morgan fingerprint density at radius 3 is 2.35 bits per heavy atom. The van der Waals surface area contributed by atoms with Gasteiger partial charge < -0.3 is 10.8 Å². The summed E-state index contributed by atoms with van der Waals surface area (Å²) in [5, 5.41) is 7.70. The van der Waals surface area contributed by atoms with Gasteiger partial charge in [-0.05, 0) is 61.0 Å². The number of aliphatic hydroxyl groups is 1. The zero-order valence-corrected chi connectivity index (χ0v) is 15.1. The molecule has 3 aromatic rings. The van der Waals surface area contributed by atoms with Crippen LogP contribution in [-0.4, -0.2) is 31.9 Å². The molecule has 26 heavy (non-hydrogen) atoms. The zero-order chi connectivity index (χ0) is 19.3. The highest BCUT2D eigenvalue weighted by Gasteiger charge is 2.19. The van der Waals surface area contributed by atoms with Crippen LogP contribution in [0.1, 0.15) is 15.9 Å². The third kappa shape index (κ3) is 4.16. The van der Waals surface area contributed by atoms with Gasteiger partial charge in [0.25, 0.3) is 10.0 Å². The highest BCUT2D eigenvalue weighted by atomic mass is 32.2. The minimum atomic E-state index is -3.86. The Morgan fingerprint density at radius 1 is 1.08 bits per heavy atom. The van der Waals surface area contributed by atoms with Gasteiger partial charge in [0.05, 0.1) is 5.52 Å². The maximum atomic E-state index is 12.8. The minimum absolute atomic E-state index is 0.0595. The minimum Gasteiger partial charge on any atom is -0.400 e. The molecule has 0 spiro atoms. The van der Waals surface area contributed by atoms with Crippen LogP contribution in [0, 0.1) is 6.92 Å². The number of nitrogens with two attached hydrogens (primary N) is 1. The molecule has 0 radical (unpaired) electrons. The molecule has 4 N–H and O–H groups in total. The van der Waals surface area contributed by atoms with Crippen LogP contribution in [0.25, 0.3) is 10.9 Å². The summed E-state index contributed by atoms with van der Waals surface area (Å²) < 4.78 is 28.0. The van der Waals surface area contributed by atoms with Gasteiger partial charge in [0.1, 0.15) is 17.0 Å². The van der Waals surface area contributed by atoms with Gasteiger partial charge in [-0.25, -0.2) is 13.4 Å². The lowest BCUT2D eigenvalue weighted by atomic mass is 10.1. The van der Waals surface area contributed by atoms with Gasteiger partial charge in [-0.3, -0.25) is 9.52 Å². The van der Waals surface area contributed by atoms with Gasteiger partial charge in [-0.1, -0.05) is 0 Å². The van der Waals surface area contributed by atoms with Gasteiger partial charge in [0, 0.05) is 23.7 Å². The molecule has 0 aliphatic carbocycles. The van der Waals surface area contributed by atoms with Crippen molar-refractivity contribution in [2.45, 2.75) is 11.8 Å². The maximum absolute atomic E-state index is 12.8. The van der Waals surface area contributed by atoms with E-state index in [-0.39, 0.29) is 10.7 Å². The quantitative estimate of drug-likeness (QED) is 0.603. The number of aliphatic hydroxyl groups excluding tert-OH is 1. The van der Waals surface area contributed by atoms with Crippen LogP contribution < -0.4 is 10.5 Å². The molecule has 0 aliphatic heterocycles. The molecule has 0 atom stereocenters. The molecular weight excluding hydrogens is 354 g/mol. The predicted molar refractivity (Wildman–Crippen MR) is 102 cm³/mol. The van der Waals surface area contributed by atoms with Crippen LogP contribution in [0.15, 0.2) is 53.4 Å². The number of aryl methyl sites for hydroxylation is 1. The van der Waals surface area contributed by atoms with Crippen LogP contribution in [0.3, 0.4) is 0 Å². The molecule has 7 nitrogen and oxygen atoms in total. The molecule has 0 saturated carbocycles. The lowest BCUT2D eigenvalue weighted by Gasteiger charge is -2.11. The molecule has 1 heterocycles. The van der Waals surface area contributed by atoms with E-state index in [1.54, 1.807) is 18.2 Å². The largest absolute Gasteiger partial charge is 0.400 e. The summed E-state index contributed by atoms with van der Waals surface area (Å²) in [6, 6.07) is 12.9. The monoisotopic (exact) mass is 373 g/mol. The number of rotatable bonds is 4. The molecular formula is C18H19N3O4S. The SMILES string of the molecule is CO.Cc1cc(S(=O)(=O)Nc2ccc(C=O)cc2)c2nc(N)ccc2c1. The number of carbonyl (C=O) groups is 1. The normalized spacial score (nSPS) is 10.7. The lowest BCUT2D eigenvalue weighted by Crippen LogP contribution is -2.14. The molecule has 136 valence electrons. The molecule has 8 heteroatoms. The topological polar surface area (TPSA) is 122 Å². The van der Waals surface area contributed by atoms with Crippen LogP contribution in [-0.2, 0) is 10.0 Å². The van der Waals surface area contributed by atoms with Crippen molar-refractivity contribution in [2.75, 3.05) is 17.6 Å². The van der Waals surface area contributed by atoms with Gasteiger partial charge in [0.15, 0.2) is 0 Å². The molecule has 0 aliphatic rings. The average Bonchev–Trinajstić information content (AvgIpc) is 2.63. The van der Waals surface area contributed by atoms with Crippen LogP contribution in [0.4, 0.5) is 11.5 Å². The summed E-state index contributed by atoms with van der Waals surface area (Å²) in [6.45, 7) is 1.81. The van der Waals surface area contributed by atoms with E-state index in [2.05, 4.69) is 9.71 Å². The number of aldehydes is 1. The second kappa shape index (κ2) is 7.94. The van der Waals surface area contributed by atoms with Crippen molar-refractivity contribution in [1.82, 2.24) is 4.98 Å². The number of nitrogens with one attached hydrogen (secondary N) is 1. The summed E-state index contributed by atoms with van der Waals surface area (Å²) in [4.78, 5) is 14.9. The molecule has 0 fully saturated rings. The summed E-state index contributed by atoms with van der Waals surface area (Å²) in [5.41, 5.74) is 7.64. The number of carbonyl (C=O) groups excluding carboxylic acids is 1. The fraction of sp³-hybridized carbons (Fsp3) is 0.111. The maximum Gasteiger partial charge on any atom is 0.264 e. The molecule has 0 amide bonds. The average molecular weight is 373 g/mol. The van der Waals surface area contributed by atoms with E-state index in [1.165, 1.54) is 24.3 Å². The Kier molecular flexibility index (Phi) is 5.91. The first-order chi connectivity index (χ1) is 12.4. The van der Waals surface area contributed by atoms with Crippen molar-refractivity contribution < 1.29 is 18.3 Å². The number of fused-ring (bicyclic) bond motifs is 1. The molecule has 0 bridgehead atoms. The summed E-state index contributed by atoms with van der Waals surface area (Å²) in [5.74, 6) is 0.248. The second-order valence-electron chi connectivity index (χ2n) is 5.42. The third-order valence-electron chi connectivity index (χ3n) is 3.51. The first-order valence-corrected chi connectivity index (χ1v) is 9.07. The fourth-order valence-electron chi connectivity index (χ4n) is 2.41. The van der Waals surface area contributed by atoms with Crippen molar-refractivity contribution in [3.63, 3.8) is 0 Å². The van der Waals surface area contributed by atoms with E-state index in [0.717, 1.165) is 12.7 Å². The van der Waals surface area contributed by atoms with E-state index in [4.69, 9.17) is 10.8 Å². The molecule has 2 aromatic carbocycles. The summed E-state index contributed by atoms with van der Waals surface area (Å²) in [6.07, 6.45) is 0.693. The number of pyridine rings is 1. The predicted octanol–water partition coefficient (Wildman–Crippen LogP) is 2.35. The standard InChI is InChI=1S/C17H15N3O3S.CH4O/c1-11-8-13-4-7-16(18)19-17(13)15(9-11)24(22,23)20-14-5-2-12(10-21)3-6-14;1-2/h2-10,20H,1H3,(H2,18,19);2H,1H3. The van der Waals surface area contributed by atoms with Gasteiger partial charge in [-0.2, -0.15) is 0 Å². The van der Waals surface area contributed by atoms with Gasteiger partial charge >= 0.3 is 0 Å². The van der Waals surface area contributed by atoms with Crippen LogP contribution in [0.5, 0.6) is 0 Å². The van der Waals surface area contributed by atoms with E-state index >= 15 is 0 Å². The number of hydrogen-bond acceptors (Lipinski definition) is 6. The van der Waals surface area contributed by atoms with E-state index in [1.807, 2.05) is 13.0 Å². The Balaban J connectivity index is 0.00000117. The van der Waals surface area contributed by atoms with E-state index in [9.17, 15) is 13.2 Å². The molecule has 0 saturated heterocycles. The highest BCUT2D eigenvalue weighted by molar-refractivity contribution is 7.93. The van der Waals surface area contributed by atoms with Crippen molar-refractivity contribution in [2.24, 2.45) is 0 Å². The van der Waals surface area contributed by atoms with Crippen molar-refractivity contribution >= 4 is 38.7 Å². The van der Waals surface area contributed by atoms with Gasteiger partial charge in [-0.15, -0.1) is 0 Å². The van der Waals surface area contributed by atoms with Gasteiger partial charge in [0.2, 0.25) is 0 Å². The highest BCUT2D eigenvalue weighted by Crippen LogP contribution is 2.26. The number of nitrogen functional groups attached to an aromatic ring is 1. The number of aromatic nitrogens is 1. The van der Waals surface area contributed by atoms with Crippen molar-refractivity contribution in [1.29, 1.82) is 0 Å². The second-order valence-corrected chi connectivity index (χ2v) is 7.07. The first-order valence-electron chi connectivity index (χ1n) is 7.59. The Morgan fingerprint density at radius 2 is 1.73 bits per heavy atom. The summed E-state index contributed by atoms with van der Waals surface area (Å²) in [7, 11) is -2.86. The number of benzene rings is 2. The molecule has 0 unspecified atom stereocenters. The lowest BCUT2D eigenvalue weighted by molar-refractivity contribution is 0.112. The fourth-order valence-corrected chi connectivity index (χ4v) is 3.72. The number of sulfonamides is 1. The number of hydrogen-bond donors (Lipinski definition) is 3. The van der Waals surface area contributed by atoms with Crippen molar-refractivity contribution in [3.8, 4) is 0 Å². The number of nitrogens with zero attached hydrogens (tertiary/aromatic N) is 1. The van der Waals surface area contributed by atoms with E-state index < -0.39 is 10.0 Å². The Hall–Kier alpha value is -2.97. The van der Waals surface area contributed by atoms with Crippen LogP contribution in [0.2, 0.25) is 0 Å². The number of anilines is 2. The third-order valence-corrected chi connectivity index (χ3v) is 4.91. The Bertz CT molecular complexity index is 1030. The summed E-state index contributed by atoms with van der Waals surface area (Å²) >= 11 is 0.